The van der Waals surface area contributed by atoms with Gasteiger partial charge in [0.2, 0.25) is 5.91 Å². The Kier molecular flexibility index (Phi) is 8.41. The molecule has 1 rings (SSSR count). The molecule has 6 nitrogen and oxygen atoms in total. The number of carbonyl (C=O) groups is 2. The number of nitrogens with one attached hydrogen (secondary N) is 2. The first-order chi connectivity index (χ1) is 11.7. The van der Waals surface area contributed by atoms with E-state index in [9.17, 15) is 14.7 Å². The van der Waals surface area contributed by atoms with Gasteiger partial charge in [0.25, 0.3) is 5.91 Å². The second-order valence-corrected chi connectivity index (χ2v) is 7.04. The van der Waals surface area contributed by atoms with Crippen LogP contribution in [0.25, 0.3) is 0 Å². The van der Waals surface area contributed by atoms with Gasteiger partial charge in [-0.3, -0.25) is 9.59 Å². The molecule has 2 amide bonds. The standard InChI is InChI=1S/C19H30N2O4/c1-14(2)10-11-19(4,24)13-20-18(23)15(3)21-17(22)12-25-16-8-6-5-7-9-16/h5-9,14-15,24H,10-13H2,1-4H3,(H,20,23)(H,21,22)/t15-,19-/m0/s1. The lowest BCUT2D eigenvalue weighted by Crippen LogP contribution is -2.49. The van der Waals surface area contributed by atoms with E-state index >= 15 is 0 Å². The number of carbonyl (C=O) groups excluding carboxylic acids is 2. The smallest absolute Gasteiger partial charge is 0.258 e. The van der Waals surface area contributed by atoms with E-state index in [-0.39, 0.29) is 25.0 Å². The molecule has 140 valence electrons. The molecule has 1 aromatic carbocycles. The van der Waals surface area contributed by atoms with Crippen LogP contribution in [0.2, 0.25) is 0 Å². The minimum absolute atomic E-state index is 0.152. The number of ether oxygens (including phenoxy) is 1. The van der Waals surface area contributed by atoms with Gasteiger partial charge in [0.1, 0.15) is 11.8 Å². The Hall–Kier alpha value is -2.08. The summed E-state index contributed by atoms with van der Waals surface area (Å²) < 4.78 is 5.33. The fraction of sp³-hybridized carbons (Fsp3) is 0.579. The van der Waals surface area contributed by atoms with Gasteiger partial charge in [-0.15, -0.1) is 0 Å². The molecule has 25 heavy (non-hydrogen) atoms. The molecule has 0 radical (unpaired) electrons. The van der Waals surface area contributed by atoms with Crippen molar-refractivity contribution in [2.45, 2.75) is 52.2 Å². The highest BCUT2D eigenvalue weighted by Crippen LogP contribution is 2.15. The predicted octanol–water partition coefficient (Wildman–Crippen LogP) is 1.87. The number of aliphatic hydroxyl groups is 1. The average Bonchev–Trinajstić information content (AvgIpc) is 2.57. The van der Waals surface area contributed by atoms with Crippen LogP contribution < -0.4 is 15.4 Å². The Labute approximate surface area is 150 Å². The maximum absolute atomic E-state index is 12.1. The second-order valence-electron chi connectivity index (χ2n) is 7.04. The zero-order chi connectivity index (χ0) is 18.9. The number of hydrogen-bond acceptors (Lipinski definition) is 4. The van der Waals surface area contributed by atoms with E-state index in [1.165, 1.54) is 0 Å². The van der Waals surface area contributed by atoms with Crippen LogP contribution in [0.5, 0.6) is 5.75 Å². The second kappa shape index (κ2) is 10.0. The molecule has 0 aliphatic heterocycles. The summed E-state index contributed by atoms with van der Waals surface area (Å²) in [6.07, 6.45) is 1.49. The SMILES string of the molecule is CC(C)CC[C@](C)(O)CNC(=O)[C@H](C)NC(=O)COc1ccccc1. The van der Waals surface area contributed by atoms with Crippen molar-refractivity contribution in [3.63, 3.8) is 0 Å². The molecule has 0 unspecified atom stereocenters. The van der Waals surface area contributed by atoms with E-state index in [4.69, 9.17) is 4.74 Å². The van der Waals surface area contributed by atoms with Crippen LogP contribution in [0, 0.1) is 5.92 Å². The number of benzene rings is 1. The molecule has 0 spiro atoms. The quantitative estimate of drug-likeness (QED) is 0.601. The van der Waals surface area contributed by atoms with Crippen molar-refractivity contribution in [1.29, 1.82) is 0 Å². The van der Waals surface area contributed by atoms with Crippen molar-refractivity contribution in [1.82, 2.24) is 10.6 Å². The van der Waals surface area contributed by atoms with Gasteiger partial charge in [-0.2, -0.15) is 0 Å². The maximum Gasteiger partial charge on any atom is 0.258 e. The minimum Gasteiger partial charge on any atom is -0.484 e. The molecular formula is C19H30N2O4. The largest absolute Gasteiger partial charge is 0.484 e. The number of amides is 2. The summed E-state index contributed by atoms with van der Waals surface area (Å²) in [5.41, 5.74) is -0.958. The van der Waals surface area contributed by atoms with Gasteiger partial charge in [0, 0.05) is 6.54 Å². The molecule has 0 saturated heterocycles. The number of hydrogen-bond donors (Lipinski definition) is 3. The van der Waals surface area contributed by atoms with Crippen molar-refractivity contribution in [2.24, 2.45) is 5.92 Å². The normalized spacial score (nSPS) is 14.5. The summed E-state index contributed by atoms with van der Waals surface area (Å²) >= 11 is 0. The highest BCUT2D eigenvalue weighted by molar-refractivity contribution is 5.87. The minimum atomic E-state index is -0.958. The van der Waals surface area contributed by atoms with Gasteiger partial charge in [0.05, 0.1) is 5.60 Å². The topological polar surface area (TPSA) is 87.7 Å². The Balaban J connectivity index is 2.32. The Morgan fingerprint density at radius 1 is 1.20 bits per heavy atom. The van der Waals surface area contributed by atoms with Crippen molar-refractivity contribution in [2.75, 3.05) is 13.2 Å². The predicted molar refractivity (Wildman–Crippen MR) is 97.2 cm³/mol. The third-order valence-corrected chi connectivity index (χ3v) is 3.79. The van der Waals surface area contributed by atoms with E-state index in [0.29, 0.717) is 18.1 Å². The van der Waals surface area contributed by atoms with Crippen LogP contribution in [0.1, 0.15) is 40.5 Å². The third-order valence-electron chi connectivity index (χ3n) is 3.79. The summed E-state index contributed by atoms with van der Waals surface area (Å²) in [7, 11) is 0. The average molecular weight is 350 g/mol. The lowest BCUT2D eigenvalue weighted by Gasteiger charge is -2.25. The molecule has 3 N–H and O–H groups in total. The highest BCUT2D eigenvalue weighted by atomic mass is 16.5. The van der Waals surface area contributed by atoms with Crippen LogP contribution in [0.3, 0.4) is 0 Å². The van der Waals surface area contributed by atoms with E-state index in [1.54, 1.807) is 26.0 Å². The van der Waals surface area contributed by atoms with Crippen LogP contribution >= 0.6 is 0 Å². The summed E-state index contributed by atoms with van der Waals surface area (Å²) in [5, 5.41) is 15.5. The monoisotopic (exact) mass is 350 g/mol. The lowest BCUT2D eigenvalue weighted by atomic mass is 9.95. The summed E-state index contributed by atoms with van der Waals surface area (Å²) in [5.74, 6) is 0.372. The first-order valence-electron chi connectivity index (χ1n) is 8.67. The summed E-state index contributed by atoms with van der Waals surface area (Å²) in [6, 6.07) is 8.29. The fourth-order valence-corrected chi connectivity index (χ4v) is 2.13. The van der Waals surface area contributed by atoms with E-state index in [1.807, 2.05) is 18.2 Å². The summed E-state index contributed by atoms with van der Waals surface area (Å²) in [6.45, 7) is 7.46. The van der Waals surface area contributed by atoms with Gasteiger partial charge in [-0.25, -0.2) is 0 Å². The highest BCUT2D eigenvalue weighted by Gasteiger charge is 2.23. The van der Waals surface area contributed by atoms with Crippen molar-refractivity contribution in [3.8, 4) is 5.75 Å². The first-order valence-corrected chi connectivity index (χ1v) is 8.67. The molecule has 2 atom stereocenters. The first kappa shape index (κ1) is 21.0. The zero-order valence-electron chi connectivity index (χ0n) is 15.5. The molecule has 0 aliphatic rings. The van der Waals surface area contributed by atoms with Crippen LogP contribution in [-0.4, -0.2) is 41.7 Å². The fourth-order valence-electron chi connectivity index (χ4n) is 2.13. The molecule has 1 aromatic rings. The van der Waals surface area contributed by atoms with E-state index in [2.05, 4.69) is 24.5 Å². The number of para-hydroxylation sites is 1. The summed E-state index contributed by atoms with van der Waals surface area (Å²) in [4.78, 5) is 23.9. The van der Waals surface area contributed by atoms with Gasteiger partial charge >= 0.3 is 0 Å². The van der Waals surface area contributed by atoms with Crippen molar-refractivity contribution >= 4 is 11.8 Å². The maximum atomic E-state index is 12.1. The zero-order valence-corrected chi connectivity index (χ0v) is 15.5. The molecule has 0 fully saturated rings. The number of rotatable bonds is 10. The van der Waals surface area contributed by atoms with Gasteiger partial charge < -0.3 is 20.5 Å². The van der Waals surface area contributed by atoms with E-state index < -0.39 is 11.6 Å². The van der Waals surface area contributed by atoms with Crippen LogP contribution in [-0.2, 0) is 9.59 Å². The van der Waals surface area contributed by atoms with Gasteiger partial charge in [-0.1, -0.05) is 32.0 Å². The molecule has 6 heteroatoms. The Morgan fingerprint density at radius 3 is 2.44 bits per heavy atom. The Bertz CT molecular complexity index is 544. The molecule has 0 aliphatic carbocycles. The van der Waals surface area contributed by atoms with Gasteiger partial charge in [0.15, 0.2) is 6.61 Å². The van der Waals surface area contributed by atoms with Crippen LogP contribution in [0.15, 0.2) is 30.3 Å². The molecular weight excluding hydrogens is 320 g/mol. The third kappa shape index (κ3) is 9.10. The molecule has 0 heterocycles. The van der Waals surface area contributed by atoms with Crippen LogP contribution in [0.4, 0.5) is 0 Å². The molecule has 0 aromatic heterocycles. The van der Waals surface area contributed by atoms with Crippen molar-refractivity contribution in [3.05, 3.63) is 30.3 Å². The Morgan fingerprint density at radius 2 is 1.84 bits per heavy atom. The lowest BCUT2D eigenvalue weighted by molar-refractivity contribution is -0.130. The molecule has 0 bridgehead atoms. The van der Waals surface area contributed by atoms with E-state index in [0.717, 1.165) is 6.42 Å². The van der Waals surface area contributed by atoms with Gasteiger partial charge in [-0.05, 0) is 44.7 Å². The van der Waals surface area contributed by atoms with Crippen molar-refractivity contribution < 1.29 is 19.4 Å². The molecule has 0 saturated carbocycles.